The number of carbonyl (C=O) groups excluding carboxylic acids is 2. The van der Waals surface area contributed by atoms with Crippen LogP contribution in [0.3, 0.4) is 0 Å². The molecular formula is C18H19NO5S. The van der Waals surface area contributed by atoms with Gasteiger partial charge in [-0.3, -0.25) is 13.9 Å². The summed E-state index contributed by atoms with van der Waals surface area (Å²) in [7, 11) is -3.68. The number of hydrogen-bond acceptors (Lipinski definition) is 5. The van der Waals surface area contributed by atoms with Crippen LogP contribution in [-0.4, -0.2) is 39.6 Å². The molecule has 0 atom stereocenters. The molecule has 0 radical (unpaired) electrons. The van der Waals surface area contributed by atoms with Crippen LogP contribution in [-0.2, 0) is 19.6 Å². The lowest BCUT2D eigenvalue weighted by Gasteiger charge is -2.23. The highest BCUT2D eigenvalue weighted by Crippen LogP contribution is 2.21. The summed E-state index contributed by atoms with van der Waals surface area (Å²) in [5.41, 5.74) is 1.53. The number of rotatable bonds is 7. The van der Waals surface area contributed by atoms with E-state index in [0.29, 0.717) is 16.8 Å². The van der Waals surface area contributed by atoms with E-state index in [1.54, 1.807) is 61.5 Å². The minimum atomic E-state index is -3.68. The van der Waals surface area contributed by atoms with Crippen LogP contribution < -0.4 is 4.31 Å². The van der Waals surface area contributed by atoms with Gasteiger partial charge in [-0.15, -0.1) is 0 Å². The Morgan fingerprint density at radius 2 is 1.60 bits per heavy atom. The number of carbonyl (C=O) groups is 2. The fraction of sp³-hybridized carbons (Fsp3) is 0.222. The van der Waals surface area contributed by atoms with Crippen molar-refractivity contribution >= 4 is 27.5 Å². The molecule has 0 aliphatic rings. The molecule has 0 bridgehead atoms. The van der Waals surface area contributed by atoms with E-state index in [2.05, 4.69) is 0 Å². The standard InChI is InChI=1S/C18H19NO5S/c1-14-8-6-7-11-16(14)19(25(2,22)23)12-18(21)24-13-17(20)15-9-4-3-5-10-15/h3-11H,12-13H2,1-2H3. The topological polar surface area (TPSA) is 80.8 Å². The molecule has 0 fully saturated rings. The average molecular weight is 361 g/mol. The van der Waals surface area contributed by atoms with E-state index < -0.39 is 29.1 Å². The van der Waals surface area contributed by atoms with Crippen LogP contribution >= 0.6 is 0 Å². The fourth-order valence-electron chi connectivity index (χ4n) is 2.24. The van der Waals surface area contributed by atoms with Gasteiger partial charge in [0.1, 0.15) is 6.54 Å². The predicted molar refractivity (Wildman–Crippen MR) is 95.1 cm³/mol. The minimum absolute atomic E-state index is 0.351. The Labute approximate surface area is 147 Å². The van der Waals surface area contributed by atoms with Crippen molar-refractivity contribution in [2.75, 3.05) is 23.7 Å². The Hall–Kier alpha value is -2.67. The third kappa shape index (κ3) is 5.15. The number of ether oxygens (including phenoxy) is 1. The number of esters is 1. The molecule has 25 heavy (non-hydrogen) atoms. The molecule has 2 aromatic rings. The predicted octanol–water partition coefficient (Wildman–Crippen LogP) is 2.19. The Bertz CT molecular complexity index is 862. The molecule has 0 aliphatic heterocycles. The second-order valence-electron chi connectivity index (χ2n) is 5.51. The number of ketones is 1. The Kier molecular flexibility index (Phi) is 5.93. The molecule has 0 aliphatic carbocycles. The Morgan fingerprint density at radius 3 is 2.20 bits per heavy atom. The lowest BCUT2D eigenvalue weighted by atomic mass is 10.1. The van der Waals surface area contributed by atoms with Gasteiger partial charge in [0.05, 0.1) is 11.9 Å². The first-order valence-corrected chi connectivity index (χ1v) is 9.41. The van der Waals surface area contributed by atoms with E-state index in [1.165, 1.54) is 0 Å². The number of hydrogen-bond donors (Lipinski definition) is 0. The van der Waals surface area contributed by atoms with Gasteiger partial charge >= 0.3 is 5.97 Å². The number of nitrogens with zero attached hydrogens (tertiary/aromatic N) is 1. The van der Waals surface area contributed by atoms with Gasteiger partial charge in [0.25, 0.3) is 0 Å². The van der Waals surface area contributed by atoms with Gasteiger partial charge in [0, 0.05) is 5.56 Å². The third-order valence-corrected chi connectivity index (χ3v) is 4.64. The minimum Gasteiger partial charge on any atom is -0.456 e. The SMILES string of the molecule is Cc1ccccc1N(CC(=O)OCC(=O)c1ccccc1)S(C)(=O)=O. The van der Waals surface area contributed by atoms with Crippen molar-refractivity contribution < 1.29 is 22.7 Å². The monoisotopic (exact) mass is 361 g/mol. The summed E-state index contributed by atoms with van der Waals surface area (Å²) in [5.74, 6) is -1.14. The third-order valence-electron chi connectivity index (χ3n) is 3.52. The lowest BCUT2D eigenvalue weighted by Crippen LogP contribution is -2.36. The number of para-hydroxylation sites is 1. The van der Waals surface area contributed by atoms with Gasteiger partial charge in [-0.1, -0.05) is 48.5 Å². The highest BCUT2D eigenvalue weighted by atomic mass is 32.2. The van der Waals surface area contributed by atoms with Gasteiger partial charge in [-0.25, -0.2) is 8.42 Å². The quantitative estimate of drug-likeness (QED) is 0.558. The smallest absolute Gasteiger partial charge is 0.327 e. The number of sulfonamides is 1. The van der Waals surface area contributed by atoms with Crippen molar-refractivity contribution in [1.82, 2.24) is 0 Å². The maximum atomic E-state index is 12.0. The zero-order valence-electron chi connectivity index (χ0n) is 14.0. The molecule has 6 nitrogen and oxygen atoms in total. The number of benzene rings is 2. The van der Waals surface area contributed by atoms with Crippen LogP contribution in [0.4, 0.5) is 5.69 Å². The van der Waals surface area contributed by atoms with Gasteiger partial charge in [-0.05, 0) is 18.6 Å². The van der Waals surface area contributed by atoms with Crippen molar-refractivity contribution in [1.29, 1.82) is 0 Å². The van der Waals surface area contributed by atoms with Crippen molar-refractivity contribution in [3.8, 4) is 0 Å². The summed E-state index contributed by atoms with van der Waals surface area (Å²) in [6.45, 7) is 0.817. The normalized spacial score (nSPS) is 11.0. The molecule has 2 aromatic carbocycles. The largest absolute Gasteiger partial charge is 0.456 e. The van der Waals surface area contributed by atoms with E-state index in [-0.39, 0.29) is 5.78 Å². The molecule has 0 saturated heterocycles. The lowest BCUT2D eigenvalue weighted by molar-refractivity contribution is -0.140. The first-order valence-electron chi connectivity index (χ1n) is 7.56. The summed E-state index contributed by atoms with van der Waals surface area (Å²) in [6.07, 6.45) is 1.02. The second-order valence-corrected chi connectivity index (χ2v) is 7.41. The second kappa shape index (κ2) is 7.94. The fourth-order valence-corrected chi connectivity index (χ4v) is 3.14. The molecule has 2 rings (SSSR count). The first kappa shape index (κ1) is 18.7. The summed E-state index contributed by atoms with van der Waals surface area (Å²) in [4.78, 5) is 24.0. The van der Waals surface area contributed by atoms with Crippen molar-refractivity contribution in [2.45, 2.75) is 6.92 Å². The summed E-state index contributed by atoms with van der Waals surface area (Å²) in [5, 5.41) is 0. The molecule has 0 saturated carbocycles. The molecule has 0 unspecified atom stereocenters. The van der Waals surface area contributed by atoms with Crippen LogP contribution in [0.15, 0.2) is 54.6 Å². The first-order chi connectivity index (χ1) is 11.8. The Balaban J connectivity index is 2.06. The van der Waals surface area contributed by atoms with Gasteiger partial charge in [0.2, 0.25) is 10.0 Å². The summed E-state index contributed by atoms with van der Waals surface area (Å²) >= 11 is 0. The number of Topliss-reactive ketones (excluding diaryl/α,β-unsaturated/α-hetero) is 1. The number of anilines is 1. The van der Waals surface area contributed by atoms with Crippen molar-refractivity contribution in [3.63, 3.8) is 0 Å². The summed E-state index contributed by atoms with van der Waals surface area (Å²) < 4.78 is 30.0. The molecular weight excluding hydrogens is 342 g/mol. The van der Waals surface area contributed by atoms with E-state index in [4.69, 9.17) is 4.74 Å². The number of aryl methyl sites for hydroxylation is 1. The van der Waals surface area contributed by atoms with Gasteiger partial charge in [0.15, 0.2) is 12.4 Å². The van der Waals surface area contributed by atoms with Crippen molar-refractivity contribution in [2.24, 2.45) is 0 Å². The zero-order chi connectivity index (χ0) is 18.4. The van der Waals surface area contributed by atoms with Crippen LogP contribution in [0.1, 0.15) is 15.9 Å². The van der Waals surface area contributed by atoms with E-state index in [0.717, 1.165) is 10.6 Å². The molecule has 0 heterocycles. The van der Waals surface area contributed by atoms with Gasteiger partial charge < -0.3 is 4.74 Å². The van der Waals surface area contributed by atoms with Crippen LogP contribution in [0.2, 0.25) is 0 Å². The van der Waals surface area contributed by atoms with E-state index >= 15 is 0 Å². The van der Waals surface area contributed by atoms with Crippen LogP contribution in [0, 0.1) is 6.92 Å². The molecule has 0 N–H and O–H groups in total. The highest BCUT2D eigenvalue weighted by molar-refractivity contribution is 7.92. The van der Waals surface area contributed by atoms with E-state index in [1.807, 2.05) is 0 Å². The molecule has 0 spiro atoms. The van der Waals surface area contributed by atoms with Crippen LogP contribution in [0.25, 0.3) is 0 Å². The van der Waals surface area contributed by atoms with E-state index in [9.17, 15) is 18.0 Å². The average Bonchev–Trinajstić information content (AvgIpc) is 2.58. The van der Waals surface area contributed by atoms with Crippen molar-refractivity contribution in [3.05, 3.63) is 65.7 Å². The highest BCUT2D eigenvalue weighted by Gasteiger charge is 2.23. The molecule has 132 valence electrons. The van der Waals surface area contributed by atoms with Gasteiger partial charge in [-0.2, -0.15) is 0 Å². The maximum absolute atomic E-state index is 12.0. The Morgan fingerprint density at radius 1 is 1.00 bits per heavy atom. The maximum Gasteiger partial charge on any atom is 0.327 e. The molecule has 0 aromatic heterocycles. The zero-order valence-corrected chi connectivity index (χ0v) is 14.8. The summed E-state index contributed by atoms with van der Waals surface area (Å²) in [6, 6.07) is 15.2. The molecule has 7 heteroatoms. The van der Waals surface area contributed by atoms with Crippen LogP contribution in [0.5, 0.6) is 0 Å². The molecule has 0 amide bonds.